The molecule has 0 aliphatic rings. The normalized spacial score (nSPS) is 10.8. The molecule has 5 heteroatoms. The number of ether oxygens (including phenoxy) is 1. The van der Waals surface area contributed by atoms with Crippen molar-refractivity contribution in [3.05, 3.63) is 18.0 Å². The fraction of sp³-hybridized carbons (Fsp3) is 0.400. The topological polar surface area (TPSA) is 62.8 Å². The van der Waals surface area contributed by atoms with Crippen LogP contribution in [-0.4, -0.2) is 28.6 Å². The van der Waals surface area contributed by atoms with Gasteiger partial charge in [-0.2, -0.15) is 0 Å². The third-order valence-electron chi connectivity index (χ3n) is 2.09. The molecule has 0 aliphatic carbocycles. The summed E-state index contributed by atoms with van der Waals surface area (Å²) in [6, 6.07) is 3.86. The van der Waals surface area contributed by atoms with Crippen LogP contribution in [0.3, 0.4) is 0 Å². The van der Waals surface area contributed by atoms with Gasteiger partial charge >= 0.3 is 0 Å². The predicted octanol–water partition coefficient (Wildman–Crippen LogP) is 1.54. The first kappa shape index (κ1) is 9.92. The third-order valence-corrected chi connectivity index (χ3v) is 2.09. The first-order valence-corrected chi connectivity index (χ1v) is 4.94. The second-order valence-electron chi connectivity index (χ2n) is 3.14. The quantitative estimate of drug-likeness (QED) is 0.796. The summed E-state index contributed by atoms with van der Waals surface area (Å²) < 4.78 is 5.27. The van der Waals surface area contributed by atoms with E-state index in [-0.39, 0.29) is 0 Å². The first-order valence-electron chi connectivity index (χ1n) is 4.94. The van der Waals surface area contributed by atoms with E-state index in [9.17, 15) is 0 Å². The lowest BCUT2D eigenvalue weighted by atomic mass is 10.4. The summed E-state index contributed by atoms with van der Waals surface area (Å²) in [5.41, 5.74) is 1.65. The van der Waals surface area contributed by atoms with E-state index >= 15 is 0 Å². The lowest BCUT2D eigenvalue weighted by Crippen LogP contribution is -1.93. The molecule has 2 aromatic heterocycles. The summed E-state index contributed by atoms with van der Waals surface area (Å²) >= 11 is 0. The highest BCUT2D eigenvalue weighted by Gasteiger charge is 2.04. The van der Waals surface area contributed by atoms with E-state index in [1.165, 1.54) is 0 Å². The van der Waals surface area contributed by atoms with Gasteiger partial charge in [0.2, 0.25) is 0 Å². The molecule has 80 valence electrons. The Labute approximate surface area is 87.9 Å². The number of H-pyrrole nitrogens is 1. The number of nitrogens with one attached hydrogen (secondary N) is 2. The molecule has 0 aliphatic heterocycles. The standard InChI is InChI=1S/C10H14N4O/c1-3-15-6-9-12-7-4-5-8(11-2)13-10(7)14-9/h4-5H,3,6H2,1-2H3,(H2,11,12,13,14). The molecule has 0 bridgehead atoms. The van der Waals surface area contributed by atoms with Gasteiger partial charge in [-0.25, -0.2) is 9.97 Å². The van der Waals surface area contributed by atoms with Crippen molar-refractivity contribution in [1.82, 2.24) is 15.0 Å². The number of aromatic amines is 1. The van der Waals surface area contributed by atoms with Crippen LogP contribution in [0, 0.1) is 0 Å². The van der Waals surface area contributed by atoms with Crippen molar-refractivity contribution in [1.29, 1.82) is 0 Å². The number of hydrogen-bond acceptors (Lipinski definition) is 4. The fourth-order valence-electron chi connectivity index (χ4n) is 1.35. The van der Waals surface area contributed by atoms with Crippen LogP contribution in [0.15, 0.2) is 12.1 Å². The smallest absolute Gasteiger partial charge is 0.179 e. The van der Waals surface area contributed by atoms with Gasteiger partial charge < -0.3 is 15.0 Å². The molecule has 0 unspecified atom stereocenters. The second kappa shape index (κ2) is 4.27. The minimum Gasteiger partial charge on any atom is -0.374 e. The Morgan fingerprint density at radius 2 is 2.27 bits per heavy atom. The summed E-state index contributed by atoms with van der Waals surface area (Å²) in [6.45, 7) is 3.15. The lowest BCUT2D eigenvalue weighted by Gasteiger charge is -1.95. The third kappa shape index (κ3) is 2.07. The van der Waals surface area contributed by atoms with Gasteiger partial charge in [-0.05, 0) is 19.1 Å². The fourth-order valence-corrected chi connectivity index (χ4v) is 1.35. The molecule has 2 heterocycles. The van der Waals surface area contributed by atoms with E-state index in [1.807, 2.05) is 26.1 Å². The zero-order chi connectivity index (χ0) is 10.7. The highest BCUT2D eigenvalue weighted by Crippen LogP contribution is 2.12. The summed E-state index contributed by atoms with van der Waals surface area (Å²) in [6.07, 6.45) is 0. The lowest BCUT2D eigenvalue weighted by molar-refractivity contribution is 0.129. The number of nitrogens with zero attached hydrogens (tertiary/aromatic N) is 2. The molecule has 0 spiro atoms. The Bertz CT molecular complexity index is 452. The highest BCUT2D eigenvalue weighted by molar-refractivity contribution is 5.72. The SMILES string of the molecule is CCOCc1nc2nc(NC)ccc2[nH]1. The molecule has 0 saturated carbocycles. The molecule has 2 N–H and O–H groups in total. The van der Waals surface area contributed by atoms with Crippen LogP contribution in [0.2, 0.25) is 0 Å². The number of fused-ring (bicyclic) bond motifs is 1. The van der Waals surface area contributed by atoms with Gasteiger partial charge in [-0.3, -0.25) is 0 Å². The van der Waals surface area contributed by atoms with Crippen LogP contribution in [-0.2, 0) is 11.3 Å². The first-order chi connectivity index (χ1) is 7.33. The van der Waals surface area contributed by atoms with Crippen molar-refractivity contribution in [3.63, 3.8) is 0 Å². The minimum atomic E-state index is 0.502. The maximum absolute atomic E-state index is 5.27. The average Bonchev–Trinajstić information content (AvgIpc) is 2.67. The Hall–Kier alpha value is -1.62. The van der Waals surface area contributed by atoms with E-state index in [0.29, 0.717) is 13.2 Å². The molecule has 0 fully saturated rings. The Balaban J connectivity index is 2.29. The van der Waals surface area contributed by atoms with Gasteiger partial charge in [-0.15, -0.1) is 0 Å². The van der Waals surface area contributed by atoms with Gasteiger partial charge in [0.05, 0.1) is 5.52 Å². The van der Waals surface area contributed by atoms with Crippen molar-refractivity contribution in [2.45, 2.75) is 13.5 Å². The minimum absolute atomic E-state index is 0.502. The van der Waals surface area contributed by atoms with Crippen molar-refractivity contribution in [2.24, 2.45) is 0 Å². The van der Waals surface area contributed by atoms with Crippen molar-refractivity contribution >= 4 is 17.0 Å². The van der Waals surface area contributed by atoms with E-state index < -0.39 is 0 Å². The monoisotopic (exact) mass is 206 g/mol. The maximum atomic E-state index is 5.27. The summed E-state index contributed by atoms with van der Waals surface area (Å²) in [7, 11) is 1.84. The Kier molecular flexibility index (Phi) is 2.82. The molecular weight excluding hydrogens is 192 g/mol. The van der Waals surface area contributed by atoms with Crippen LogP contribution < -0.4 is 5.32 Å². The van der Waals surface area contributed by atoms with Crippen molar-refractivity contribution < 1.29 is 4.74 Å². The Morgan fingerprint density at radius 1 is 1.40 bits per heavy atom. The van der Waals surface area contributed by atoms with Crippen LogP contribution in [0.1, 0.15) is 12.7 Å². The molecule has 0 amide bonds. The number of aromatic nitrogens is 3. The molecule has 2 rings (SSSR count). The van der Waals surface area contributed by atoms with Crippen LogP contribution in [0.5, 0.6) is 0 Å². The van der Waals surface area contributed by atoms with Crippen molar-refractivity contribution in [2.75, 3.05) is 19.0 Å². The molecular formula is C10H14N4O. The average molecular weight is 206 g/mol. The van der Waals surface area contributed by atoms with Crippen LogP contribution in [0.25, 0.3) is 11.2 Å². The molecule has 2 aromatic rings. The summed E-state index contributed by atoms with van der Waals surface area (Å²) in [5.74, 6) is 1.63. The van der Waals surface area contributed by atoms with Gasteiger partial charge in [-0.1, -0.05) is 0 Å². The van der Waals surface area contributed by atoms with E-state index in [4.69, 9.17) is 4.74 Å². The van der Waals surface area contributed by atoms with Crippen molar-refractivity contribution in [3.8, 4) is 0 Å². The second-order valence-corrected chi connectivity index (χ2v) is 3.14. The number of rotatable bonds is 4. The number of imidazole rings is 1. The molecule has 15 heavy (non-hydrogen) atoms. The van der Waals surface area contributed by atoms with Gasteiger partial charge in [0, 0.05) is 13.7 Å². The van der Waals surface area contributed by atoms with E-state index in [0.717, 1.165) is 22.8 Å². The van der Waals surface area contributed by atoms with Crippen LogP contribution >= 0.6 is 0 Å². The molecule has 0 saturated heterocycles. The summed E-state index contributed by atoms with van der Waals surface area (Å²) in [5, 5.41) is 2.98. The van der Waals surface area contributed by atoms with E-state index in [1.54, 1.807) is 0 Å². The maximum Gasteiger partial charge on any atom is 0.179 e. The van der Waals surface area contributed by atoms with Gasteiger partial charge in [0.1, 0.15) is 18.2 Å². The molecule has 0 radical (unpaired) electrons. The van der Waals surface area contributed by atoms with Crippen LogP contribution in [0.4, 0.5) is 5.82 Å². The molecule has 5 nitrogen and oxygen atoms in total. The molecule has 0 aromatic carbocycles. The number of anilines is 1. The summed E-state index contributed by atoms with van der Waals surface area (Å²) in [4.78, 5) is 11.8. The van der Waals surface area contributed by atoms with Gasteiger partial charge in [0.25, 0.3) is 0 Å². The number of pyridine rings is 1. The number of hydrogen-bond donors (Lipinski definition) is 2. The zero-order valence-corrected chi connectivity index (χ0v) is 8.87. The van der Waals surface area contributed by atoms with Gasteiger partial charge in [0.15, 0.2) is 5.65 Å². The highest BCUT2D eigenvalue weighted by atomic mass is 16.5. The zero-order valence-electron chi connectivity index (χ0n) is 8.87. The largest absolute Gasteiger partial charge is 0.374 e. The molecule has 0 atom stereocenters. The Morgan fingerprint density at radius 3 is 3.00 bits per heavy atom. The van der Waals surface area contributed by atoms with E-state index in [2.05, 4.69) is 20.3 Å². The predicted molar refractivity (Wildman–Crippen MR) is 58.8 cm³/mol.